The molecule has 2 saturated heterocycles. The van der Waals surface area contributed by atoms with Crippen molar-refractivity contribution < 1.29 is 14.3 Å². The third-order valence-electron chi connectivity index (χ3n) is 4.53. The Labute approximate surface area is 141 Å². The summed E-state index contributed by atoms with van der Waals surface area (Å²) < 4.78 is 10.8. The molecule has 1 amide bonds. The summed E-state index contributed by atoms with van der Waals surface area (Å²) in [6.07, 6.45) is 0.751. The van der Waals surface area contributed by atoms with Crippen LogP contribution in [-0.4, -0.2) is 49.8 Å². The number of ether oxygens (including phenoxy) is 2. The molecule has 2 fully saturated rings. The second kappa shape index (κ2) is 7.62. The molecule has 2 aliphatic heterocycles. The summed E-state index contributed by atoms with van der Waals surface area (Å²) in [5.74, 6) is -0.0752. The topological polar surface area (TPSA) is 50.8 Å². The molecular formula is C17H23ClN2O3. The van der Waals surface area contributed by atoms with Gasteiger partial charge in [-0.2, -0.15) is 0 Å². The monoisotopic (exact) mass is 338 g/mol. The summed E-state index contributed by atoms with van der Waals surface area (Å²) in [6.45, 7) is 6.79. The molecular weight excluding hydrogens is 316 g/mol. The van der Waals surface area contributed by atoms with Crippen LogP contribution in [0.1, 0.15) is 18.9 Å². The van der Waals surface area contributed by atoms with Gasteiger partial charge in [0.15, 0.2) is 0 Å². The van der Waals surface area contributed by atoms with Crippen LogP contribution in [0.3, 0.4) is 0 Å². The number of anilines is 1. The van der Waals surface area contributed by atoms with Gasteiger partial charge in [0, 0.05) is 37.0 Å². The van der Waals surface area contributed by atoms with E-state index >= 15 is 0 Å². The van der Waals surface area contributed by atoms with Crippen molar-refractivity contribution in [2.24, 2.45) is 5.92 Å². The van der Waals surface area contributed by atoms with Crippen molar-refractivity contribution in [1.29, 1.82) is 0 Å². The summed E-state index contributed by atoms with van der Waals surface area (Å²) in [6, 6.07) is 5.73. The molecule has 0 saturated carbocycles. The smallest absolute Gasteiger partial charge is 0.230 e. The van der Waals surface area contributed by atoms with Gasteiger partial charge in [0.1, 0.15) is 0 Å². The van der Waals surface area contributed by atoms with Crippen molar-refractivity contribution in [3.05, 3.63) is 28.8 Å². The Morgan fingerprint density at radius 1 is 1.35 bits per heavy atom. The number of halogens is 1. The highest BCUT2D eigenvalue weighted by Gasteiger charge is 2.30. The second-order valence-corrected chi connectivity index (χ2v) is 6.56. The molecule has 0 aliphatic carbocycles. The van der Waals surface area contributed by atoms with Gasteiger partial charge in [-0.3, -0.25) is 9.69 Å². The lowest BCUT2D eigenvalue weighted by Gasteiger charge is -2.27. The Morgan fingerprint density at radius 3 is 2.78 bits per heavy atom. The lowest BCUT2D eigenvalue weighted by Crippen LogP contribution is -2.35. The highest BCUT2D eigenvalue weighted by molar-refractivity contribution is 6.31. The van der Waals surface area contributed by atoms with Gasteiger partial charge in [0.05, 0.1) is 25.2 Å². The van der Waals surface area contributed by atoms with Crippen LogP contribution < -0.4 is 5.32 Å². The molecule has 126 valence electrons. The Kier molecular flexibility index (Phi) is 5.54. The Balaban J connectivity index is 1.61. The average Bonchev–Trinajstić information content (AvgIpc) is 2.97. The van der Waals surface area contributed by atoms with Crippen molar-refractivity contribution >= 4 is 23.2 Å². The van der Waals surface area contributed by atoms with Gasteiger partial charge in [-0.25, -0.2) is 0 Å². The molecule has 5 nitrogen and oxygen atoms in total. The number of hydrogen-bond acceptors (Lipinski definition) is 4. The minimum absolute atomic E-state index is 0.00648. The van der Waals surface area contributed by atoms with E-state index in [1.54, 1.807) is 0 Å². The van der Waals surface area contributed by atoms with Crippen molar-refractivity contribution in [1.82, 2.24) is 4.90 Å². The zero-order chi connectivity index (χ0) is 16.2. The van der Waals surface area contributed by atoms with Gasteiger partial charge in [0.2, 0.25) is 5.91 Å². The molecule has 0 radical (unpaired) electrons. The van der Waals surface area contributed by atoms with Gasteiger partial charge in [-0.05, 0) is 31.0 Å². The lowest BCUT2D eigenvalue weighted by molar-refractivity contribution is -0.121. The molecule has 1 N–H and O–H groups in total. The molecule has 2 atom stereocenters. The molecule has 0 aromatic heterocycles. The molecule has 3 rings (SSSR count). The molecule has 2 heterocycles. The summed E-state index contributed by atoms with van der Waals surface area (Å²) in [5, 5.41) is 3.63. The summed E-state index contributed by atoms with van der Waals surface area (Å²) >= 11 is 6.39. The van der Waals surface area contributed by atoms with E-state index in [9.17, 15) is 4.79 Å². The van der Waals surface area contributed by atoms with E-state index in [0.717, 1.165) is 50.5 Å². The fourth-order valence-electron chi connectivity index (χ4n) is 3.06. The first-order valence-electron chi connectivity index (χ1n) is 8.14. The second-order valence-electron chi connectivity index (χ2n) is 6.16. The van der Waals surface area contributed by atoms with Crippen molar-refractivity contribution in [3.8, 4) is 0 Å². The maximum Gasteiger partial charge on any atom is 0.230 e. The van der Waals surface area contributed by atoms with E-state index in [2.05, 4.69) is 10.2 Å². The Bertz CT molecular complexity index is 561. The number of nitrogens with zero attached hydrogens (tertiary/aromatic N) is 1. The van der Waals surface area contributed by atoms with Crippen molar-refractivity contribution in [3.63, 3.8) is 0 Å². The normalized spacial score (nSPS) is 25.5. The van der Waals surface area contributed by atoms with Crippen LogP contribution in [0, 0.1) is 5.92 Å². The molecule has 6 heteroatoms. The van der Waals surface area contributed by atoms with Crippen LogP contribution in [-0.2, 0) is 20.8 Å². The van der Waals surface area contributed by atoms with Gasteiger partial charge >= 0.3 is 0 Å². The quantitative estimate of drug-likeness (QED) is 0.916. The number of rotatable bonds is 4. The van der Waals surface area contributed by atoms with Crippen molar-refractivity contribution in [2.75, 3.05) is 38.2 Å². The first-order chi connectivity index (χ1) is 11.1. The van der Waals surface area contributed by atoms with E-state index in [4.69, 9.17) is 21.1 Å². The van der Waals surface area contributed by atoms with Crippen LogP contribution >= 0.6 is 11.6 Å². The highest BCUT2D eigenvalue weighted by atomic mass is 35.5. The van der Waals surface area contributed by atoms with Crippen molar-refractivity contribution in [2.45, 2.75) is 26.0 Å². The Hall–Kier alpha value is -1.14. The Morgan fingerprint density at radius 2 is 2.13 bits per heavy atom. The molecule has 1 aromatic rings. The molecule has 0 bridgehead atoms. The summed E-state index contributed by atoms with van der Waals surface area (Å²) in [5.41, 5.74) is 1.81. The molecule has 2 unspecified atom stereocenters. The van der Waals surface area contributed by atoms with E-state index in [0.29, 0.717) is 11.6 Å². The SMILES string of the molecule is CC1OCCC1C(=O)Nc1ccc(CN2CCOCC2)c(Cl)c1. The summed E-state index contributed by atoms with van der Waals surface area (Å²) in [7, 11) is 0. The number of morpholine rings is 1. The molecule has 1 aromatic carbocycles. The standard InChI is InChI=1S/C17H23ClN2O3/c1-12-15(4-7-23-12)17(21)19-14-3-2-13(16(18)10-14)11-20-5-8-22-9-6-20/h2-3,10,12,15H,4-9,11H2,1H3,(H,19,21). The zero-order valence-electron chi connectivity index (χ0n) is 13.4. The largest absolute Gasteiger partial charge is 0.379 e. The zero-order valence-corrected chi connectivity index (χ0v) is 14.1. The van der Waals surface area contributed by atoms with Crippen LogP contribution in [0.5, 0.6) is 0 Å². The summed E-state index contributed by atoms with van der Waals surface area (Å²) in [4.78, 5) is 14.6. The molecule has 23 heavy (non-hydrogen) atoms. The van der Waals surface area contributed by atoms with Gasteiger partial charge < -0.3 is 14.8 Å². The third-order valence-corrected chi connectivity index (χ3v) is 4.88. The molecule has 2 aliphatic rings. The lowest BCUT2D eigenvalue weighted by atomic mass is 10.0. The van der Waals surface area contributed by atoms with Crippen LogP contribution in [0.4, 0.5) is 5.69 Å². The van der Waals surface area contributed by atoms with Crippen LogP contribution in [0.2, 0.25) is 5.02 Å². The molecule has 0 spiro atoms. The van der Waals surface area contributed by atoms with Crippen LogP contribution in [0.15, 0.2) is 18.2 Å². The van der Waals surface area contributed by atoms with Gasteiger partial charge in [-0.1, -0.05) is 17.7 Å². The number of hydrogen-bond donors (Lipinski definition) is 1. The third kappa shape index (κ3) is 4.23. The number of benzene rings is 1. The number of carbonyl (C=O) groups excluding carboxylic acids is 1. The van der Waals surface area contributed by atoms with E-state index in [-0.39, 0.29) is 17.9 Å². The minimum atomic E-state index is -0.0817. The first-order valence-corrected chi connectivity index (χ1v) is 8.52. The predicted octanol–water partition coefficient (Wildman–Crippen LogP) is 2.54. The highest BCUT2D eigenvalue weighted by Crippen LogP contribution is 2.25. The number of amides is 1. The number of nitrogens with one attached hydrogen (secondary N) is 1. The first kappa shape index (κ1) is 16.7. The fraction of sp³-hybridized carbons (Fsp3) is 0.588. The average molecular weight is 339 g/mol. The fourth-order valence-corrected chi connectivity index (χ4v) is 3.30. The van der Waals surface area contributed by atoms with Crippen LogP contribution in [0.25, 0.3) is 0 Å². The van der Waals surface area contributed by atoms with E-state index in [1.807, 2.05) is 25.1 Å². The minimum Gasteiger partial charge on any atom is -0.379 e. The maximum atomic E-state index is 12.3. The van der Waals surface area contributed by atoms with Gasteiger partial charge in [-0.15, -0.1) is 0 Å². The number of carbonyl (C=O) groups is 1. The van der Waals surface area contributed by atoms with E-state index < -0.39 is 0 Å². The maximum absolute atomic E-state index is 12.3. The van der Waals surface area contributed by atoms with E-state index in [1.165, 1.54) is 0 Å². The predicted molar refractivity (Wildman–Crippen MR) is 89.7 cm³/mol. The van der Waals surface area contributed by atoms with Gasteiger partial charge in [0.25, 0.3) is 0 Å².